The molecule has 9 heteroatoms. The number of piperidine rings is 1. The van der Waals surface area contributed by atoms with Crippen molar-refractivity contribution in [1.29, 1.82) is 0 Å². The largest absolute Gasteiger partial charge is 0.492 e. The first-order valence-electron chi connectivity index (χ1n) is 7.76. The molecule has 0 spiro atoms. The number of H-pyrrole nitrogens is 1. The van der Waals surface area contributed by atoms with E-state index < -0.39 is 5.76 Å². The minimum Gasteiger partial charge on any atom is -0.492 e. The Morgan fingerprint density at radius 1 is 1.38 bits per heavy atom. The number of hydrogen-bond acceptors (Lipinski definition) is 7. The van der Waals surface area contributed by atoms with Crippen molar-refractivity contribution in [2.45, 2.75) is 25.4 Å². The predicted octanol–water partition coefficient (Wildman–Crippen LogP) is 1.07. The van der Waals surface area contributed by atoms with Gasteiger partial charge >= 0.3 is 5.76 Å². The number of aliphatic hydroxyl groups is 1. The molecule has 132 valence electrons. The highest BCUT2D eigenvalue weighted by Crippen LogP contribution is 2.15. The summed E-state index contributed by atoms with van der Waals surface area (Å²) in [5, 5.41) is 13.0. The summed E-state index contributed by atoms with van der Waals surface area (Å²) < 4.78 is 10.1. The van der Waals surface area contributed by atoms with Crippen LogP contribution in [0.3, 0.4) is 0 Å². The Kier molecular flexibility index (Phi) is 6.77. The van der Waals surface area contributed by atoms with Gasteiger partial charge in [-0.3, -0.25) is 9.51 Å². The van der Waals surface area contributed by atoms with E-state index >= 15 is 0 Å². The van der Waals surface area contributed by atoms with Crippen molar-refractivity contribution in [2.24, 2.45) is 0 Å². The summed E-state index contributed by atoms with van der Waals surface area (Å²) >= 11 is 0. The van der Waals surface area contributed by atoms with Gasteiger partial charge in [0.05, 0.1) is 18.9 Å². The van der Waals surface area contributed by atoms with Crippen LogP contribution in [-0.2, 0) is 0 Å². The van der Waals surface area contributed by atoms with Gasteiger partial charge < -0.3 is 14.7 Å². The maximum atomic E-state index is 10.9. The van der Waals surface area contributed by atoms with Gasteiger partial charge in [-0.2, -0.15) is 0 Å². The highest BCUT2D eigenvalue weighted by molar-refractivity contribution is 5.85. The SMILES string of the molecule is Cl.O=c1[nH]c(-c2ccc(OCCCN3CCC(O)CC3)cn2)no1. The molecule has 0 aromatic carbocycles. The van der Waals surface area contributed by atoms with Gasteiger partial charge in [-0.25, -0.2) is 9.78 Å². The van der Waals surface area contributed by atoms with Crippen LogP contribution in [0.2, 0.25) is 0 Å². The van der Waals surface area contributed by atoms with Gasteiger partial charge in [-0.15, -0.1) is 12.4 Å². The number of aromatic nitrogens is 3. The third-order valence-corrected chi connectivity index (χ3v) is 3.86. The first-order chi connectivity index (χ1) is 11.2. The number of likely N-dealkylation sites (tertiary alicyclic amines) is 1. The molecule has 24 heavy (non-hydrogen) atoms. The van der Waals surface area contributed by atoms with Crippen molar-refractivity contribution in [3.8, 4) is 17.3 Å². The van der Waals surface area contributed by atoms with Crippen LogP contribution in [0.4, 0.5) is 0 Å². The Bertz CT molecular complexity index is 665. The average molecular weight is 357 g/mol. The Hall–Kier alpha value is -1.90. The number of aromatic amines is 1. The van der Waals surface area contributed by atoms with Gasteiger partial charge in [0.2, 0.25) is 5.82 Å². The molecule has 2 N–H and O–H groups in total. The molecule has 2 aromatic heterocycles. The zero-order valence-electron chi connectivity index (χ0n) is 13.2. The molecule has 0 amide bonds. The van der Waals surface area contributed by atoms with E-state index in [1.807, 2.05) is 0 Å². The third-order valence-electron chi connectivity index (χ3n) is 3.86. The molecule has 1 fully saturated rings. The summed E-state index contributed by atoms with van der Waals surface area (Å²) in [6, 6.07) is 3.50. The summed E-state index contributed by atoms with van der Waals surface area (Å²) in [4.78, 5) is 19.9. The van der Waals surface area contributed by atoms with E-state index in [4.69, 9.17) is 4.74 Å². The van der Waals surface area contributed by atoms with E-state index in [1.165, 1.54) is 0 Å². The molecule has 0 atom stereocenters. The fraction of sp³-hybridized carbons (Fsp3) is 0.533. The summed E-state index contributed by atoms with van der Waals surface area (Å²) in [5.41, 5.74) is 0.523. The Labute approximate surface area is 145 Å². The number of hydrogen-bond donors (Lipinski definition) is 2. The van der Waals surface area contributed by atoms with Crippen LogP contribution in [0.25, 0.3) is 11.5 Å². The summed E-state index contributed by atoms with van der Waals surface area (Å²) in [6.07, 6.45) is 4.10. The normalized spacial score (nSPS) is 15.9. The molecule has 0 radical (unpaired) electrons. The van der Waals surface area contributed by atoms with Crippen LogP contribution < -0.4 is 10.5 Å². The number of rotatable bonds is 6. The average Bonchev–Trinajstić information content (AvgIpc) is 3.00. The van der Waals surface area contributed by atoms with E-state index in [0.29, 0.717) is 23.9 Å². The number of ether oxygens (including phenoxy) is 1. The van der Waals surface area contributed by atoms with Crippen molar-refractivity contribution in [2.75, 3.05) is 26.2 Å². The molecular formula is C15H21ClN4O4. The standard InChI is InChI=1S/C15H20N4O4.ClH/c20-11-4-7-19(8-5-11)6-1-9-22-12-2-3-13(16-10-12)14-17-15(21)23-18-14;/h2-3,10-11,20H,1,4-9H2,(H,17,18,21);1H. The topological polar surface area (TPSA) is 104 Å². The highest BCUT2D eigenvalue weighted by atomic mass is 35.5. The molecule has 1 saturated heterocycles. The molecule has 2 aromatic rings. The number of nitrogens with one attached hydrogen (secondary N) is 1. The highest BCUT2D eigenvalue weighted by Gasteiger charge is 2.16. The predicted molar refractivity (Wildman–Crippen MR) is 89.4 cm³/mol. The second-order valence-corrected chi connectivity index (χ2v) is 5.60. The molecule has 0 saturated carbocycles. The van der Waals surface area contributed by atoms with Crippen LogP contribution in [0.1, 0.15) is 19.3 Å². The van der Waals surface area contributed by atoms with Crippen molar-refractivity contribution in [3.63, 3.8) is 0 Å². The van der Waals surface area contributed by atoms with Gasteiger partial charge in [0.25, 0.3) is 0 Å². The zero-order chi connectivity index (χ0) is 16.1. The minimum absolute atomic E-state index is 0. The second kappa shape index (κ2) is 8.81. The van der Waals surface area contributed by atoms with E-state index in [-0.39, 0.29) is 18.5 Å². The molecule has 8 nitrogen and oxygen atoms in total. The molecule has 0 aliphatic carbocycles. The van der Waals surface area contributed by atoms with Crippen LogP contribution >= 0.6 is 12.4 Å². The lowest BCUT2D eigenvalue weighted by Crippen LogP contribution is -2.36. The van der Waals surface area contributed by atoms with Gasteiger partial charge in [0, 0.05) is 19.6 Å². The van der Waals surface area contributed by atoms with Crippen LogP contribution in [0, 0.1) is 0 Å². The lowest BCUT2D eigenvalue weighted by Gasteiger charge is -2.29. The van der Waals surface area contributed by atoms with Crippen molar-refractivity contribution in [3.05, 3.63) is 28.9 Å². The Morgan fingerprint density at radius 3 is 2.79 bits per heavy atom. The van der Waals surface area contributed by atoms with E-state index in [2.05, 4.69) is 24.5 Å². The van der Waals surface area contributed by atoms with Crippen molar-refractivity contribution < 1.29 is 14.4 Å². The number of pyridine rings is 1. The fourth-order valence-corrected chi connectivity index (χ4v) is 2.57. The fourth-order valence-electron chi connectivity index (χ4n) is 2.57. The van der Waals surface area contributed by atoms with Crippen molar-refractivity contribution >= 4 is 12.4 Å². The van der Waals surface area contributed by atoms with Crippen molar-refractivity contribution in [1.82, 2.24) is 20.0 Å². The lowest BCUT2D eigenvalue weighted by molar-refractivity contribution is 0.0800. The molecule has 1 aliphatic heterocycles. The minimum atomic E-state index is -0.604. The van der Waals surface area contributed by atoms with Gasteiger partial charge in [0.1, 0.15) is 11.4 Å². The maximum absolute atomic E-state index is 10.9. The summed E-state index contributed by atoms with van der Waals surface area (Å²) in [6.45, 7) is 3.49. The number of nitrogens with zero attached hydrogens (tertiary/aromatic N) is 3. The molecule has 3 heterocycles. The number of halogens is 1. The monoisotopic (exact) mass is 356 g/mol. The Balaban J connectivity index is 0.00000208. The quantitative estimate of drug-likeness (QED) is 0.746. The second-order valence-electron chi connectivity index (χ2n) is 5.60. The lowest BCUT2D eigenvalue weighted by atomic mass is 10.1. The zero-order valence-corrected chi connectivity index (χ0v) is 14.0. The Morgan fingerprint density at radius 2 is 2.17 bits per heavy atom. The smallest absolute Gasteiger partial charge is 0.439 e. The third kappa shape index (κ3) is 5.05. The van der Waals surface area contributed by atoms with Gasteiger partial charge in [-0.1, -0.05) is 5.16 Å². The van der Waals surface area contributed by atoms with E-state index in [0.717, 1.165) is 38.9 Å². The van der Waals surface area contributed by atoms with Crippen LogP contribution in [-0.4, -0.2) is 57.5 Å². The first kappa shape index (κ1) is 18.4. The number of aliphatic hydroxyl groups excluding tert-OH is 1. The summed E-state index contributed by atoms with van der Waals surface area (Å²) in [7, 11) is 0. The van der Waals surface area contributed by atoms with E-state index in [1.54, 1.807) is 18.3 Å². The van der Waals surface area contributed by atoms with Crippen LogP contribution in [0.5, 0.6) is 5.75 Å². The first-order valence-corrected chi connectivity index (χ1v) is 7.76. The van der Waals surface area contributed by atoms with Gasteiger partial charge in [0.15, 0.2) is 0 Å². The summed E-state index contributed by atoms with van der Waals surface area (Å²) in [5.74, 6) is 0.370. The molecule has 0 bridgehead atoms. The molecule has 3 rings (SSSR count). The molecular weight excluding hydrogens is 336 g/mol. The molecule has 1 aliphatic rings. The van der Waals surface area contributed by atoms with Gasteiger partial charge in [-0.05, 0) is 31.4 Å². The van der Waals surface area contributed by atoms with E-state index in [9.17, 15) is 9.90 Å². The van der Waals surface area contributed by atoms with Crippen LogP contribution in [0.15, 0.2) is 27.6 Å². The maximum Gasteiger partial charge on any atom is 0.439 e. The molecule has 0 unspecified atom stereocenters.